The van der Waals surface area contributed by atoms with Gasteiger partial charge in [-0.25, -0.2) is 0 Å². The Morgan fingerprint density at radius 3 is 1.52 bits per heavy atom. The summed E-state index contributed by atoms with van der Waals surface area (Å²) in [5.74, 6) is 6.28. The Kier molecular flexibility index (Phi) is 41.7. The maximum Gasteiger partial charge on any atom is 0.305 e. The lowest BCUT2D eigenvalue weighted by Crippen LogP contribution is -2.27. The Labute approximate surface area is 324 Å². The topological polar surface area (TPSA) is 79.2 Å². The number of aliphatic hydroxyl groups excluding tert-OH is 2. The average Bonchev–Trinajstić information content (AvgIpc) is 3.14. The zero-order valence-corrected chi connectivity index (χ0v) is 35.1. The summed E-state index contributed by atoms with van der Waals surface area (Å²) in [6.07, 6.45) is 37.1. The number of carbonyl (C=O) groups excluding carboxylic acids is 1. The second kappa shape index (κ2) is 42.6. The van der Waals surface area contributed by atoms with Gasteiger partial charge in [0, 0.05) is 25.9 Å². The van der Waals surface area contributed by atoms with Crippen LogP contribution in [0.25, 0.3) is 0 Å². The molecule has 0 fully saturated rings. The largest absolute Gasteiger partial charge is 0.466 e. The Morgan fingerprint density at radius 2 is 0.981 bits per heavy atom. The summed E-state index contributed by atoms with van der Waals surface area (Å²) in [7, 11) is 0. The van der Waals surface area contributed by atoms with Crippen LogP contribution in [0.2, 0.25) is 0 Å². The molecule has 1 unspecified atom stereocenters. The number of rotatable bonds is 41. The van der Waals surface area contributed by atoms with Gasteiger partial charge >= 0.3 is 5.97 Å². The second-order valence-electron chi connectivity index (χ2n) is 15.5. The Hall–Kier alpha value is -1.13. The summed E-state index contributed by atoms with van der Waals surface area (Å²) in [5, 5.41) is 20.0. The SMILES string of the molecule is CCCCC#CCCCOC(=O)CCCCCCCN(CCCCO)CCCCCCCC(O)OC(CCCCCCCC)CCCCCCCC. The summed E-state index contributed by atoms with van der Waals surface area (Å²) in [5.41, 5.74) is 0. The predicted octanol–water partition coefficient (Wildman–Crippen LogP) is 12.5. The molecule has 0 spiro atoms. The molecule has 0 radical (unpaired) electrons. The first-order valence-electron chi connectivity index (χ1n) is 22.8. The molecule has 0 saturated carbocycles. The monoisotopic (exact) mass is 736 g/mol. The Bertz CT molecular complexity index is 764. The summed E-state index contributed by atoms with van der Waals surface area (Å²) in [4.78, 5) is 14.6. The lowest BCUT2D eigenvalue weighted by molar-refractivity contribution is -0.144. The second-order valence-corrected chi connectivity index (χ2v) is 15.5. The molecule has 52 heavy (non-hydrogen) atoms. The normalized spacial score (nSPS) is 12.1. The molecule has 0 heterocycles. The van der Waals surface area contributed by atoms with Gasteiger partial charge in [0.2, 0.25) is 0 Å². The number of esters is 1. The standard InChI is InChI=1S/C46H89NO5/c1-4-7-10-13-16-25-34-43-51-45(49)37-28-21-17-23-30-39-47(41-32-33-42-48)40-31-24-18-22-29-38-46(50)52-44(35-26-19-14-11-8-5-2)36-27-20-15-12-9-6-3/h44,46,48,50H,4-12,14-15,17-43H2,1-3H3. The maximum atomic E-state index is 12.0. The molecule has 0 amide bonds. The molecule has 0 bridgehead atoms. The smallest absolute Gasteiger partial charge is 0.305 e. The summed E-state index contributed by atoms with van der Waals surface area (Å²) in [6, 6.07) is 0. The van der Waals surface area contributed by atoms with Gasteiger partial charge < -0.3 is 24.6 Å². The number of hydrogen-bond acceptors (Lipinski definition) is 6. The van der Waals surface area contributed by atoms with Crippen LogP contribution in [-0.2, 0) is 14.3 Å². The minimum atomic E-state index is -0.614. The minimum absolute atomic E-state index is 0.0650. The van der Waals surface area contributed by atoms with E-state index in [2.05, 4.69) is 37.5 Å². The number of aliphatic hydroxyl groups is 2. The molecule has 1 atom stereocenters. The third kappa shape index (κ3) is 38.6. The van der Waals surface area contributed by atoms with Crippen molar-refractivity contribution >= 4 is 5.97 Å². The van der Waals surface area contributed by atoms with E-state index in [0.29, 0.717) is 13.0 Å². The summed E-state index contributed by atoms with van der Waals surface area (Å²) < 4.78 is 11.6. The van der Waals surface area contributed by atoms with Crippen molar-refractivity contribution in [1.29, 1.82) is 0 Å². The Balaban J connectivity index is 4.12. The first-order valence-corrected chi connectivity index (χ1v) is 22.8. The van der Waals surface area contributed by atoms with Crippen molar-refractivity contribution < 1.29 is 24.5 Å². The van der Waals surface area contributed by atoms with Gasteiger partial charge in [0.25, 0.3) is 0 Å². The quantitative estimate of drug-likeness (QED) is 0.0282. The molecule has 6 nitrogen and oxygen atoms in total. The number of nitrogens with zero attached hydrogens (tertiary/aromatic N) is 1. The van der Waals surface area contributed by atoms with Crippen LogP contribution in [0.5, 0.6) is 0 Å². The fourth-order valence-electron chi connectivity index (χ4n) is 6.84. The third-order valence-electron chi connectivity index (χ3n) is 10.3. The molecule has 308 valence electrons. The number of ether oxygens (including phenoxy) is 2. The molecule has 0 aromatic rings. The van der Waals surface area contributed by atoms with Gasteiger partial charge in [0.1, 0.15) is 0 Å². The molecule has 0 rings (SSSR count). The fourth-order valence-corrected chi connectivity index (χ4v) is 6.84. The highest BCUT2D eigenvalue weighted by atomic mass is 16.6. The lowest BCUT2D eigenvalue weighted by Gasteiger charge is -2.22. The number of unbranched alkanes of at least 4 members (excludes halogenated alkanes) is 22. The van der Waals surface area contributed by atoms with Crippen molar-refractivity contribution in [3.63, 3.8) is 0 Å². The van der Waals surface area contributed by atoms with Crippen molar-refractivity contribution in [1.82, 2.24) is 4.90 Å². The first kappa shape index (κ1) is 50.9. The van der Waals surface area contributed by atoms with Gasteiger partial charge in [-0.3, -0.25) is 4.79 Å². The third-order valence-corrected chi connectivity index (χ3v) is 10.3. The molecule has 0 aliphatic carbocycles. The molecular weight excluding hydrogens is 647 g/mol. The molecule has 2 N–H and O–H groups in total. The van der Waals surface area contributed by atoms with Crippen molar-refractivity contribution in [2.24, 2.45) is 0 Å². The van der Waals surface area contributed by atoms with E-state index in [9.17, 15) is 15.0 Å². The summed E-state index contributed by atoms with van der Waals surface area (Å²) in [6.45, 7) is 10.8. The minimum Gasteiger partial charge on any atom is -0.466 e. The van der Waals surface area contributed by atoms with Gasteiger partial charge in [-0.2, -0.15) is 0 Å². The molecule has 0 aromatic carbocycles. The van der Waals surface area contributed by atoms with Crippen molar-refractivity contribution in [3.8, 4) is 11.8 Å². The van der Waals surface area contributed by atoms with Gasteiger partial charge in [-0.1, -0.05) is 143 Å². The van der Waals surface area contributed by atoms with Crippen molar-refractivity contribution in [3.05, 3.63) is 0 Å². The van der Waals surface area contributed by atoms with Crippen LogP contribution in [0.1, 0.15) is 233 Å². The molecular formula is C46H89NO5. The van der Waals surface area contributed by atoms with Gasteiger partial charge in [0.05, 0.1) is 12.7 Å². The van der Waals surface area contributed by atoms with E-state index >= 15 is 0 Å². The van der Waals surface area contributed by atoms with Crippen LogP contribution < -0.4 is 0 Å². The lowest BCUT2D eigenvalue weighted by atomic mass is 10.0. The van der Waals surface area contributed by atoms with Gasteiger partial charge in [0.15, 0.2) is 6.29 Å². The summed E-state index contributed by atoms with van der Waals surface area (Å²) >= 11 is 0. The van der Waals surface area contributed by atoms with Crippen LogP contribution >= 0.6 is 0 Å². The van der Waals surface area contributed by atoms with E-state index in [1.54, 1.807) is 0 Å². The van der Waals surface area contributed by atoms with Crippen LogP contribution in [0.15, 0.2) is 0 Å². The predicted molar refractivity (Wildman–Crippen MR) is 223 cm³/mol. The highest BCUT2D eigenvalue weighted by Gasteiger charge is 2.15. The maximum absolute atomic E-state index is 12.0. The average molecular weight is 736 g/mol. The highest BCUT2D eigenvalue weighted by molar-refractivity contribution is 5.69. The number of carbonyl (C=O) groups is 1. The van der Waals surface area contributed by atoms with Gasteiger partial charge in [-0.15, -0.1) is 11.8 Å². The van der Waals surface area contributed by atoms with Crippen LogP contribution in [-0.4, -0.2) is 66.3 Å². The number of hydrogen-bond donors (Lipinski definition) is 2. The van der Waals surface area contributed by atoms with Crippen LogP contribution in [0.4, 0.5) is 0 Å². The molecule has 0 saturated heterocycles. The van der Waals surface area contributed by atoms with E-state index < -0.39 is 6.29 Å². The highest BCUT2D eigenvalue weighted by Crippen LogP contribution is 2.20. The van der Waals surface area contributed by atoms with E-state index in [1.807, 2.05) is 0 Å². The van der Waals surface area contributed by atoms with Crippen molar-refractivity contribution in [2.75, 3.05) is 32.8 Å². The van der Waals surface area contributed by atoms with Crippen LogP contribution in [0, 0.1) is 11.8 Å². The fraction of sp³-hybridized carbons (Fsp3) is 0.935. The zero-order valence-electron chi connectivity index (χ0n) is 35.1. The van der Waals surface area contributed by atoms with E-state index in [0.717, 1.165) is 103 Å². The molecule has 6 heteroatoms. The van der Waals surface area contributed by atoms with E-state index in [-0.39, 0.29) is 18.7 Å². The first-order chi connectivity index (χ1) is 25.6. The molecule has 0 aliphatic heterocycles. The van der Waals surface area contributed by atoms with Crippen molar-refractivity contribution in [2.45, 2.75) is 245 Å². The zero-order chi connectivity index (χ0) is 38.0. The van der Waals surface area contributed by atoms with Crippen LogP contribution in [0.3, 0.4) is 0 Å². The van der Waals surface area contributed by atoms with Gasteiger partial charge in [-0.05, 0) is 90.3 Å². The molecule has 0 aliphatic rings. The van der Waals surface area contributed by atoms with E-state index in [4.69, 9.17) is 9.47 Å². The Morgan fingerprint density at radius 1 is 0.538 bits per heavy atom. The molecule has 0 aromatic heterocycles. The van der Waals surface area contributed by atoms with E-state index in [1.165, 1.54) is 122 Å².